The predicted octanol–water partition coefficient (Wildman–Crippen LogP) is 5.16. The number of fused-ring (bicyclic) bond motifs is 6. The number of likely N-dealkylation sites (N-methyl/N-ethyl adjacent to an activating group) is 1. The largest absolute Gasteiger partial charge is 0.496 e. The molecule has 2 bridgehead atoms. The van der Waals surface area contributed by atoms with Crippen molar-refractivity contribution in [2.24, 2.45) is 11.3 Å². The first kappa shape index (κ1) is 58.6. The van der Waals surface area contributed by atoms with Gasteiger partial charge in [-0.15, -0.1) is 0 Å². The number of carbonyl (C=O) groups excluding carboxylic acids is 5. The number of hydrogen-bond donors (Lipinski definition) is 4. The minimum atomic E-state index is -3.21. The second-order valence-corrected chi connectivity index (χ2v) is 28.4. The molecule has 1 aromatic heterocycles. The Kier molecular flexibility index (Phi) is 16.0. The quantitative estimate of drug-likeness (QED) is 0.0296. The van der Waals surface area contributed by atoms with Gasteiger partial charge in [-0.05, 0) is 98.4 Å². The van der Waals surface area contributed by atoms with Gasteiger partial charge in [0.1, 0.15) is 11.2 Å². The Morgan fingerprint density at radius 2 is 1.61 bits per heavy atom. The molecule has 1 aliphatic carbocycles. The van der Waals surface area contributed by atoms with E-state index in [0.29, 0.717) is 101 Å². The lowest BCUT2D eigenvalue weighted by Gasteiger charge is -2.65. The third-order valence-corrected chi connectivity index (χ3v) is 23.9. The van der Waals surface area contributed by atoms with Gasteiger partial charge in [-0.25, -0.2) is 4.79 Å². The Bertz CT molecular complexity index is 3210. The summed E-state index contributed by atoms with van der Waals surface area (Å²) in [7, 11) is 3.14. The van der Waals surface area contributed by atoms with Crippen molar-refractivity contribution in [2.45, 2.75) is 124 Å². The van der Waals surface area contributed by atoms with E-state index < -0.39 is 59.8 Å². The minimum absolute atomic E-state index is 0.129. The summed E-state index contributed by atoms with van der Waals surface area (Å²) in [5, 5.41) is 31.6. The number of para-hydroxylation sites is 1. The van der Waals surface area contributed by atoms with E-state index >= 15 is 9.59 Å². The molecule has 18 nitrogen and oxygen atoms in total. The molecule has 11 atom stereocenters. The van der Waals surface area contributed by atoms with Crippen LogP contribution >= 0.6 is 0 Å². The summed E-state index contributed by atoms with van der Waals surface area (Å²) >= 11 is 0. The first-order valence-electron chi connectivity index (χ1n) is 29.8. The standard InChI is InChI=1S/C64H82N6O12Si/c1-8-60(76)38-42-39-63(58(74)79-5,54-45(25-30-68(40-42)41-60)44-20-13-14-21-48(44)66-54)47-36-46-49(37-50(47)78-4)67(3)56-62(46)27-31-69-29-17-26-61(9-2,55(62)69)57(64(56,77)59(75)80-6)82-83(7,43-18-11-10-12-19-43)35-16-15-22-51(71)65-28-33-81-34-32-70-52(72)23-24-53(70)73/h10-14,17-21,23-24,26,36-37,42,55-57,66,76-77H,8-9,15-16,22,25,27-35,38-41H2,1-7H3,(H,65,71)/t42-,55-,56?,57+,60-,61+,62+,63-,64-,83?/m0/s1. The lowest BCUT2D eigenvalue weighted by atomic mass is 9.47. The van der Waals surface area contributed by atoms with Gasteiger partial charge in [0.25, 0.3) is 11.8 Å². The van der Waals surface area contributed by atoms with E-state index in [-0.39, 0.29) is 62.4 Å². The van der Waals surface area contributed by atoms with Crippen molar-refractivity contribution in [3.63, 3.8) is 0 Å². The molecule has 3 unspecified atom stereocenters. The van der Waals surface area contributed by atoms with Crippen LogP contribution in [0.4, 0.5) is 5.69 Å². The summed E-state index contributed by atoms with van der Waals surface area (Å²) in [6.07, 6.45) is 10.3. The number of nitrogens with one attached hydrogen (secondary N) is 2. The Balaban J connectivity index is 0.978. The maximum absolute atomic E-state index is 15.7. The van der Waals surface area contributed by atoms with Crippen LogP contribution in [0.3, 0.4) is 0 Å². The SMILES string of the molecule is CC[C@]1(O)C[C@@H]2CN(CCc3c([nH]c4ccccc34)[C@@](C(=O)OC)(c3cc4c(cc3OC)N(C)C3[C@]45CCN4CC=C[C@@](CC)([C@@H](O[Si](C)(CCCCC(=O)NCCOCCN6C(=O)C=CC6=O)c6ccccc6)[C@]3(O)C(=O)OC)[C@H]45)C2)C1. The fourth-order valence-corrected chi connectivity index (χ4v) is 20.0. The molecule has 2 saturated heterocycles. The topological polar surface area (TPSA) is 213 Å². The van der Waals surface area contributed by atoms with E-state index in [1.807, 2.05) is 56.4 Å². The van der Waals surface area contributed by atoms with Gasteiger partial charge in [0, 0.05) is 109 Å². The number of aromatic nitrogens is 1. The Labute approximate surface area is 487 Å². The van der Waals surface area contributed by atoms with Gasteiger partial charge in [-0.1, -0.05) is 81.0 Å². The van der Waals surface area contributed by atoms with Crippen molar-refractivity contribution < 1.29 is 57.6 Å². The number of H-pyrrole nitrogens is 1. The lowest BCUT2D eigenvalue weighted by Crippen LogP contribution is -2.82. The maximum atomic E-state index is 15.7. The molecule has 3 amide bonds. The van der Waals surface area contributed by atoms with Crippen molar-refractivity contribution in [1.29, 1.82) is 0 Å². The molecule has 19 heteroatoms. The van der Waals surface area contributed by atoms with Crippen molar-refractivity contribution >= 4 is 59.8 Å². The second-order valence-electron chi connectivity index (χ2n) is 24.6. The van der Waals surface area contributed by atoms with Crippen molar-refractivity contribution in [3.8, 4) is 5.75 Å². The summed E-state index contributed by atoms with van der Waals surface area (Å²) in [6, 6.07) is 21.8. The lowest BCUT2D eigenvalue weighted by molar-refractivity contribution is -0.213. The van der Waals surface area contributed by atoms with Crippen LogP contribution in [0.1, 0.15) is 87.6 Å². The molecule has 0 radical (unpaired) electrons. The Morgan fingerprint density at radius 3 is 2.34 bits per heavy atom. The number of aromatic amines is 1. The fourth-order valence-electron chi connectivity index (χ4n) is 16.7. The van der Waals surface area contributed by atoms with Crippen LogP contribution in [0.25, 0.3) is 10.9 Å². The van der Waals surface area contributed by atoms with Gasteiger partial charge in [0.2, 0.25) is 19.8 Å². The molecule has 444 valence electrons. The van der Waals surface area contributed by atoms with Gasteiger partial charge < -0.3 is 48.8 Å². The van der Waals surface area contributed by atoms with Crippen LogP contribution in [-0.2, 0) is 59.9 Å². The maximum Gasteiger partial charge on any atom is 0.342 e. The zero-order chi connectivity index (χ0) is 58.7. The Hall–Kier alpha value is -6.19. The molecule has 7 heterocycles. The number of piperidine rings is 1. The third kappa shape index (κ3) is 9.47. The number of aliphatic hydroxyl groups is 2. The molecule has 3 aromatic carbocycles. The van der Waals surface area contributed by atoms with Crippen LogP contribution < -0.4 is 20.1 Å². The Morgan fingerprint density at radius 1 is 0.867 bits per heavy atom. The van der Waals surface area contributed by atoms with Crippen LogP contribution in [-0.4, -0.2) is 185 Å². The van der Waals surface area contributed by atoms with Gasteiger partial charge in [0.05, 0.1) is 58.8 Å². The normalized spacial score (nSPS) is 31.3. The highest BCUT2D eigenvalue weighted by Crippen LogP contribution is 2.68. The number of anilines is 1. The molecular formula is C64H82N6O12Si. The van der Waals surface area contributed by atoms with Gasteiger partial charge in [-0.2, -0.15) is 0 Å². The van der Waals surface area contributed by atoms with Gasteiger partial charge in [-0.3, -0.25) is 33.9 Å². The average Bonchev–Trinajstić information content (AvgIpc) is 1.61. The van der Waals surface area contributed by atoms with Crippen molar-refractivity contribution in [1.82, 2.24) is 25.0 Å². The van der Waals surface area contributed by atoms with Crippen molar-refractivity contribution in [3.05, 3.63) is 113 Å². The number of esters is 2. The van der Waals surface area contributed by atoms with Crippen LogP contribution in [0, 0.1) is 11.3 Å². The number of benzene rings is 3. The number of unbranched alkanes of at least 4 members (excludes halogenated alkanes) is 1. The van der Waals surface area contributed by atoms with E-state index in [1.165, 1.54) is 26.4 Å². The predicted molar refractivity (Wildman–Crippen MR) is 316 cm³/mol. The number of imide groups is 1. The molecule has 6 aliphatic heterocycles. The average molecular weight is 1160 g/mol. The van der Waals surface area contributed by atoms with E-state index in [0.717, 1.165) is 43.5 Å². The number of nitrogens with zero attached hydrogens (tertiary/aromatic N) is 4. The molecule has 4 N–H and O–H groups in total. The third-order valence-electron chi connectivity index (χ3n) is 20.3. The van der Waals surface area contributed by atoms with E-state index in [9.17, 15) is 24.6 Å². The first-order chi connectivity index (χ1) is 39.9. The molecule has 4 aromatic rings. The molecule has 11 rings (SSSR count). The van der Waals surface area contributed by atoms with Crippen LogP contribution in [0.5, 0.6) is 5.75 Å². The molecule has 83 heavy (non-hydrogen) atoms. The summed E-state index contributed by atoms with van der Waals surface area (Å²) in [5.41, 5.74) is -1.64. The molecular weight excluding hydrogens is 1070 g/mol. The smallest absolute Gasteiger partial charge is 0.342 e. The number of hydrogen-bond acceptors (Lipinski definition) is 15. The summed E-state index contributed by atoms with van der Waals surface area (Å²) in [4.78, 5) is 80.0. The minimum Gasteiger partial charge on any atom is -0.496 e. The fraction of sp³-hybridized carbons (Fsp3) is 0.547. The van der Waals surface area contributed by atoms with E-state index in [2.05, 4.69) is 74.9 Å². The van der Waals surface area contributed by atoms with Crippen LogP contribution in [0.2, 0.25) is 12.6 Å². The summed E-state index contributed by atoms with van der Waals surface area (Å²) in [5.74, 6) is -1.77. The molecule has 1 spiro atoms. The highest BCUT2D eigenvalue weighted by atomic mass is 28.4. The van der Waals surface area contributed by atoms with Gasteiger partial charge >= 0.3 is 11.9 Å². The molecule has 3 fully saturated rings. The molecule has 1 saturated carbocycles. The number of amides is 3. The summed E-state index contributed by atoms with van der Waals surface area (Å²) < 4.78 is 32.0. The van der Waals surface area contributed by atoms with Gasteiger partial charge in [0.15, 0.2) is 0 Å². The summed E-state index contributed by atoms with van der Waals surface area (Å²) in [6.45, 7) is 10.3. The first-order valence-corrected chi connectivity index (χ1v) is 32.5. The second kappa shape index (κ2) is 22.7. The van der Waals surface area contributed by atoms with E-state index in [1.54, 1.807) is 7.11 Å². The number of ether oxygens (including phenoxy) is 4. The molecule has 7 aliphatic rings. The highest BCUT2D eigenvalue weighted by Gasteiger charge is 2.80. The zero-order valence-corrected chi connectivity index (χ0v) is 50.2. The van der Waals surface area contributed by atoms with Crippen LogP contribution in [0.15, 0.2) is 91.0 Å². The van der Waals surface area contributed by atoms with E-state index in [4.69, 9.17) is 23.4 Å². The highest BCUT2D eigenvalue weighted by molar-refractivity contribution is 6.85. The monoisotopic (exact) mass is 1150 g/mol. The van der Waals surface area contributed by atoms with Crippen molar-refractivity contribution in [2.75, 3.05) is 92.3 Å². The zero-order valence-electron chi connectivity index (χ0n) is 49.2. The number of rotatable bonds is 20. The number of carbonyl (C=O) groups is 5. The number of methoxy groups -OCH3 is 3.